The van der Waals surface area contributed by atoms with Crippen LogP contribution in [0.15, 0.2) is 12.4 Å². The van der Waals surface area contributed by atoms with Crippen LogP contribution in [0.2, 0.25) is 0 Å². The highest BCUT2D eigenvalue weighted by atomic mass is 19.4. The van der Waals surface area contributed by atoms with Crippen molar-refractivity contribution >= 4 is 5.91 Å². The molecule has 0 bridgehead atoms. The second-order valence-corrected chi connectivity index (χ2v) is 5.06. The summed E-state index contributed by atoms with van der Waals surface area (Å²) in [4.78, 5) is 13.2. The number of aromatic nitrogens is 3. The van der Waals surface area contributed by atoms with Gasteiger partial charge in [-0.05, 0) is 18.8 Å². The maximum Gasteiger partial charge on any atom is 0.389 e. The van der Waals surface area contributed by atoms with Gasteiger partial charge in [0.15, 0.2) is 0 Å². The van der Waals surface area contributed by atoms with E-state index in [1.54, 1.807) is 17.1 Å². The maximum absolute atomic E-state index is 12.1. The molecule has 8 heteroatoms. The Balaban J connectivity index is 1.72. The highest BCUT2D eigenvalue weighted by molar-refractivity contribution is 5.76. The van der Waals surface area contributed by atoms with Gasteiger partial charge in [0, 0.05) is 32.3 Å². The molecule has 1 aromatic rings. The van der Waals surface area contributed by atoms with E-state index in [-0.39, 0.29) is 0 Å². The number of carbonyl (C=O) groups excluding carboxylic acids is 1. The molecule has 0 radical (unpaired) electrons. The fourth-order valence-corrected chi connectivity index (χ4v) is 2.37. The van der Waals surface area contributed by atoms with E-state index in [0.29, 0.717) is 19.0 Å². The average molecular weight is 290 g/mol. The third kappa shape index (κ3) is 4.50. The monoisotopic (exact) mass is 290 g/mol. The van der Waals surface area contributed by atoms with Gasteiger partial charge in [0.2, 0.25) is 5.91 Å². The van der Waals surface area contributed by atoms with Crippen molar-refractivity contribution in [2.24, 2.45) is 5.92 Å². The molecular formula is C12H17F3N4O. The molecule has 0 N–H and O–H groups in total. The largest absolute Gasteiger partial charge is 0.389 e. The first-order valence-corrected chi connectivity index (χ1v) is 6.62. The molecule has 0 aliphatic carbocycles. The van der Waals surface area contributed by atoms with Crippen LogP contribution in [-0.4, -0.2) is 45.1 Å². The van der Waals surface area contributed by atoms with Gasteiger partial charge >= 0.3 is 6.18 Å². The lowest BCUT2D eigenvalue weighted by Gasteiger charge is -2.32. The number of nitrogens with zero attached hydrogens (tertiary/aromatic N) is 4. The predicted molar refractivity (Wildman–Crippen MR) is 64.6 cm³/mol. The van der Waals surface area contributed by atoms with Crippen molar-refractivity contribution in [1.29, 1.82) is 0 Å². The molecule has 112 valence electrons. The summed E-state index contributed by atoms with van der Waals surface area (Å²) < 4.78 is 38.0. The Labute approximate surface area is 114 Å². The number of carbonyl (C=O) groups is 1. The van der Waals surface area contributed by atoms with Crippen molar-refractivity contribution in [3.63, 3.8) is 0 Å². The van der Waals surface area contributed by atoms with Gasteiger partial charge in [-0.25, -0.2) is 0 Å². The average Bonchev–Trinajstić information content (AvgIpc) is 2.89. The summed E-state index contributed by atoms with van der Waals surface area (Å²) in [6, 6.07) is 0. The normalized spacial score (nSPS) is 17.4. The van der Waals surface area contributed by atoms with Crippen LogP contribution >= 0.6 is 0 Å². The van der Waals surface area contributed by atoms with Gasteiger partial charge in [0.1, 0.15) is 0 Å². The quantitative estimate of drug-likeness (QED) is 0.850. The lowest BCUT2D eigenvalue weighted by Crippen LogP contribution is -2.39. The first-order chi connectivity index (χ1) is 9.44. The van der Waals surface area contributed by atoms with E-state index in [1.807, 2.05) is 0 Å². The topological polar surface area (TPSA) is 51.0 Å². The Morgan fingerprint density at radius 3 is 2.55 bits per heavy atom. The minimum atomic E-state index is -4.26. The second-order valence-electron chi connectivity index (χ2n) is 5.06. The number of piperidine rings is 1. The Bertz CT molecular complexity index is 424. The summed E-state index contributed by atoms with van der Waals surface area (Å²) in [7, 11) is 0. The molecule has 5 nitrogen and oxygen atoms in total. The molecule has 0 aromatic carbocycles. The first-order valence-electron chi connectivity index (χ1n) is 6.62. The van der Waals surface area contributed by atoms with Gasteiger partial charge in [-0.15, -0.1) is 5.10 Å². The Hall–Kier alpha value is -1.60. The van der Waals surface area contributed by atoms with Gasteiger partial charge in [-0.1, -0.05) is 5.21 Å². The summed E-state index contributed by atoms with van der Waals surface area (Å²) in [6.07, 6.45) is -0.783. The van der Waals surface area contributed by atoms with E-state index in [0.717, 1.165) is 19.4 Å². The van der Waals surface area contributed by atoms with Crippen molar-refractivity contribution in [2.75, 3.05) is 13.1 Å². The van der Waals surface area contributed by atoms with E-state index in [1.165, 1.54) is 4.90 Å². The van der Waals surface area contributed by atoms with Crippen LogP contribution in [-0.2, 0) is 11.3 Å². The lowest BCUT2D eigenvalue weighted by molar-refractivity contribution is -0.149. The van der Waals surface area contributed by atoms with E-state index < -0.39 is 24.9 Å². The molecule has 1 aliphatic rings. The zero-order chi connectivity index (χ0) is 14.6. The van der Waals surface area contributed by atoms with Crippen LogP contribution in [0.25, 0.3) is 0 Å². The van der Waals surface area contributed by atoms with Gasteiger partial charge in [0.05, 0.1) is 12.6 Å². The Kier molecular flexibility index (Phi) is 4.61. The fraction of sp³-hybridized carbons (Fsp3) is 0.750. The summed E-state index contributed by atoms with van der Waals surface area (Å²) in [5.41, 5.74) is 0. The summed E-state index contributed by atoms with van der Waals surface area (Å²) in [6.45, 7) is 1.79. The minimum absolute atomic E-state index is 0.392. The molecule has 1 aliphatic heterocycles. The van der Waals surface area contributed by atoms with Gasteiger partial charge in [-0.2, -0.15) is 13.2 Å². The zero-order valence-corrected chi connectivity index (χ0v) is 11.0. The number of halogens is 3. The number of alkyl halides is 3. The molecule has 1 aromatic heterocycles. The lowest BCUT2D eigenvalue weighted by atomic mass is 9.96. The smallest absolute Gasteiger partial charge is 0.343 e. The van der Waals surface area contributed by atoms with E-state index in [2.05, 4.69) is 10.3 Å². The van der Waals surface area contributed by atoms with Gasteiger partial charge in [0.25, 0.3) is 0 Å². The highest BCUT2D eigenvalue weighted by Gasteiger charge is 2.30. The molecule has 0 unspecified atom stereocenters. The molecule has 0 atom stereocenters. The molecule has 0 spiro atoms. The van der Waals surface area contributed by atoms with E-state index in [4.69, 9.17) is 0 Å². The molecule has 1 fully saturated rings. The van der Waals surface area contributed by atoms with E-state index >= 15 is 0 Å². The fourth-order valence-electron chi connectivity index (χ4n) is 2.37. The summed E-state index contributed by atoms with van der Waals surface area (Å²) in [5.74, 6) is -0.00935. The molecule has 2 heterocycles. The molecule has 1 saturated heterocycles. The highest BCUT2D eigenvalue weighted by Crippen LogP contribution is 2.24. The van der Waals surface area contributed by atoms with Crippen molar-refractivity contribution in [1.82, 2.24) is 19.9 Å². The molecule has 1 amide bonds. The number of amides is 1. The summed E-state index contributed by atoms with van der Waals surface area (Å²) >= 11 is 0. The van der Waals surface area contributed by atoms with Crippen LogP contribution in [0, 0.1) is 5.92 Å². The van der Waals surface area contributed by atoms with Crippen molar-refractivity contribution < 1.29 is 18.0 Å². The van der Waals surface area contributed by atoms with Gasteiger partial charge in [-0.3, -0.25) is 9.48 Å². The van der Waals surface area contributed by atoms with Crippen LogP contribution < -0.4 is 0 Å². The zero-order valence-electron chi connectivity index (χ0n) is 11.0. The van der Waals surface area contributed by atoms with Crippen molar-refractivity contribution in [2.45, 2.75) is 38.4 Å². The molecule has 2 rings (SSSR count). The SMILES string of the molecule is O=C(CCC(F)(F)F)N1CCC(Cn2ccnn2)CC1. The predicted octanol–water partition coefficient (Wildman–Crippen LogP) is 1.86. The van der Waals surface area contributed by atoms with E-state index in [9.17, 15) is 18.0 Å². The third-order valence-corrected chi connectivity index (χ3v) is 3.51. The summed E-state index contributed by atoms with van der Waals surface area (Å²) in [5, 5.41) is 7.60. The maximum atomic E-state index is 12.1. The van der Waals surface area contributed by atoms with Crippen LogP contribution in [0.4, 0.5) is 13.2 Å². The number of hydrogen-bond acceptors (Lipinski definition) is 3. The molecular weight excluding hydrogens is 273 g/mol. The minimum Gasteiger partial charge on any atom is -0.343 e. The Morgan fingerprint density at radius 1 is 1.30 bits per heavy atom. The van der Waals surface area contributed by atoms with Crippen LogP contribution in [0.5, 0.6) is 0 Å². The standard InChI is InChI=1S/C12H17F3N4O/c13-12(14,15)4-1-11(20)18-6-2-10(3-7-18)9-19-8-5-16-17-19/h5,8,10H,1-4,6-7,9H2. The van der Waals surface area contributed by atoms with Crippen molar-refractivity contribution in [3.8, 4) is 0 Å². The van der Waals surface area contributed by atoms with Gasteiger partial charge < -0.3 is 4.90 Å². The van der Waals surface area contributed by atoms with Crippen LogP contribution in [0.3, 0.4) is 0 Å². The third-order valence-electron chi connectivity index (χ3n) is 3.51. The van der Waals surface area contributed by atoms with Crippen molar-refractivity contribution in [3.05, 3.63) is 12.4 Å². The first kappa shape index (κ1) is 14.8. The number of rotatable bonds is 4. The number of hydrogen-bond donors (Lipinski definition) is 0. The number of likely N-dealkylation sites (tertiary alicyclic amines) is 1. The molecule has 20 heavy (non-hydrogen) atoms. The second kappa shape index (κ2) is 6.23. The molecule has 0 saturated carbocycles. The van der Waals surface area contributed by atoms with Crippen LogP contribution in [0.1, 0.15) is 25.7 Å². The Morgan fingerprint density at radius 2 is 2.00 bits per heavy atom.